The second-order valence-corrected chi connectivity index (χ2v) is 8.39. The molecule has 10 heteroatoms. The number of aliphatic hydroxyl groups excluding tert-OH is 1. The van der Waals surface area contributed by atoms with Crippen LogP contribution in [0.2, 0.25) is 0 Å². The Morgan fingerprint density at radius 2 is 1.90 bits per heavy atom. The van der Waals surface area contributed by atoms with Crippen LogP contribution < -0.4 is 0 Å². The maximum absolute atomic E-state index is 13.1. The Bertz CT molecular complexity index is 892. The number of fused-ring (bicyclic) bond motifs is 1. The van der Waals surface area contributed by atoms with Gasteiger partial charge >= 0.3 is 6.18 Å². The zero-order valence-electron chi connectivity index (χ0n) is 15.8. The van der Waals surface area contributed by atoms with Crippen molar-refractivity contribution in [2.24, 2.45) is 0 Å². The molecule has 2 unspecified atom stereocenters. The number of benzene rings is 1. The van der Waals surface area contributed by atoms with Gasteiger partial charge in [0.1, 0.15) is 5.25 Å². The summed E-state index contributed by atoms with van der Waals surface area (Å²) in [5, 5.41) is 14.1. The van der Waals surface area contributed by atoms with Crippen LogP contribution in [-0.2, 0) is 12.6 Å². The van der Waals surface area contributed by atoms with Crippen molar-refractivity contribution in [3.63, 3.8) is 0 Å². The van der Waals surface area contributed by atoms with Crippen LogP contribution >= 0.6 is 11.8 Å². The lowest BCUT2D eigenvalue weighted by atomic mass is 9.96. The fraction of sp³-hybridized carbons (Fsp3) is 0.526. The lowest BCUT2D eigenvalue weighted by Gasteiger charge is -2.38. The highest BCUT2D eigenvalue weighted by Crippen LogP contribution is 2.42. The number of aromatic nitrogens is 3. The Balaban J connectivity index is 1.66. The van der Waals surface area contributed by atoms with Crippen LogP contribution in [0, 0.1) is 0 Å². The first-order chi connectivity index (χ1) is 13.8. The van der Waals surface area contributed by atoms with Crippen LogP contribution in [-0.4, -0.2) is 55.1 Å². The second-order valence-electron chi connectivity index (χ2n) is 7.28. The van der Waals surface area contributed by atoms with Gasteiger partial charge in [0.2, 0.25) is 0 Å². The summed E-state index contributed by atoms with van der Waals surface area (Å²) < 4.78 is 40.2. The maximum atomic E-state index is 13.1. The van der Waals surface area contributed by atoms with Crippen molar-refractivity contribution in [2.75, 3.05) is 13.1 Å². The molecule has 0 radical (unpaired) electrons. The van der Waals surface area contributed by atoms with Gasteiger partial charge in [0.25, 0.3) is 5.91 Å². The van der Waals surface area contributed by atoms with Crippen LogP contribution in [0.3, 0.4) is 0 Å². The predicted octanol–water partition coefficient (Wildman–Crippen LogP) is 3.17. The summed E-state index contributed by atoms with van der Waals surface area (Å²) in [6.07, 6.45) is -3.07. The molecule has 1 aromatic carbocycles. The van der Waals surface area contributed by atoms with E-state index in [1.165, 1.54) is 28.6 Å². The summed E-state index contributed by atoms with van der Waals surface area (Å²) >= 11 is 1.30. The summed E-state index contributed by atoms with van der Waals surface area (Å²) in [6, 6.07) is 4.57. The molecule has 6 nitrogen and oxygen atoms in total. The molecule has 2 atom stereocenters. The molecule has 156 valence electrons. The molecule has 1 N–H and O–H groups in total. The molecular formula is C19H21F3N4O2S. The Kier molecular flexibility index (Phi) is 5.43. The van der Waals surface area contributed by atoms with Crippen molar-refractivity contribution in [2.45, 2.75) is 54.9 Å². The van der Waals surface area contributed by atoms with E-state index in [0.717, 1.165) is 12.1 Å². The lowest BCUT2D eigenvalue weighted by molar-refractivity contribution is -0.137. The molecule has 29 heavy (non-hydrogen) atoms. The van der Waals surface area contributed by atoms with Crippen LogP contribution in [0.15, 0.2) is 29.4 Å². The van der Waals surface area contributed by atoms with E-state index in [-0.39, 0.29) is 5.91 Å². The van der Waals surface area contributed by atoms with Gasteiger partial charge in [0.05, 0.1) is 17.7 Å². The SMILES string of the molecule is CCc1nc2n(n1)C(=O)C(C(c1ccc(C(F)(F)F)cc1)N1CCC(O)CC1)S2. The topological polar surface area (TPSA) is 71.2 Å². The number of carbonyl (C=O) groups excluding carboxylic acids is 1. The lowest BCUT2D eigenvalue weighted by Crippen LogP contribution is -2.44. The van der Waals surface area contributed by atoms with Gasteiger partial charge in [-0.25, -0.2) is 4.98 Å². The third-order valence-corrected chi connectivity index (χ3v) is 6.57. The highest BCUT2D eigenvalue weighted by molar-refractivity contribution is 8.00. The number of piperidine rings is 1. The third-order valence-electron chi connectivity index (χ3n) is 5.38. The molecule has 4 rings (SSSR count). The second kappa shape index (κ2) is 7.73. The van der Waals surface area contributed by atoms with Crippen LogP contribution in [0.1, 0.15) is 47.6 Å². The van der Waals surface area contributed by atoms with Crippen LogP contribution in [0.5, 0.6) is 0 Å². The molecule has 1 saturated heterocycles. The van der Waals surface area contributed by atoms with Gasteiger partial charge in [-0.3, -0.25) is 9.69 Å². The van der Waals surface area contributed by atoms with E-state index in [1.54, 1.807) is 0 Å². The summed E-state index contributed by atoms with van der Waals surface area (Å²) in [5.41, 5.74) is -0.0802. The smallest absolute Gasteiger partial charge is 0.393 e. The van der Waals surface area contributed by atoms with Crippen molar-refractivity contribution in [1.82, 2.24) is 19.7 Å². The standard InChI is InChI=1S/C19H21F3N4O2S/c1-2-14-23-18-26(24-14)17(28)16(29-18)15(25-9-7-13(27)8-10-25)11-3-5-12(6-4-11)19(20,21)22/h3-6,13,15-16,27H,2,7-10H2,1H3. The quantitative estimate of drug-likeness (QED) is 0.810. The number of hydrogen-bond donors (Lipinski definition) is 1. The first-order valence-corrected chi connectivity index (χ1v) is 10.4. The number of hydrogen-bond acceptors (Lipinski definition) is 6. The highest BCUT2D eigenvalue weighted by Gasteiger charge is 2.43. The maximum Gasteiger partial charge on any atom is 0.416 e. The zero-order valence-corrected chi connectivity index (χ0v) is 16.6. The number of thioether (sulfide) groups is 1. The van der Waals surface area contributed by atoms with Gasteiger partial charge in [-0.1, -0.05) is 30.8 Å². The molecule has 2 aromatic rings. The summed E-state index contributed by atoms with van der Waals surface area (Å²) in [6.45, 7) is 3.03. The molecule has 0 saturated carbocycles. The fourth-order valence-corrected chi connectivity index (χ4v) is 5.08. The number of halogens is 3. The van der Waals surface area contributed by atoms with E-state index in [9.17, 15) is 23.1 Å². The van der Waals surface area contributed by atoms with E-state index in [4.69, 9.17) is 0 Å². The summed E-state index contributed by atoms with van der Waals surface area (Å²) in [7, 11) is 0. The van der Waals surface area contributed by atoms with E-state index in [0.29, 0.717) is 48.9 Å². The van der Waals surface area contributed by atoms with Crippen molar-refractivity contribution >= 4 is 17.7 Å². The van der Waals surface area contributed by atoms with Crippen molar-refractivity contribution < 1.29 is 23.1 Å². The van der Waals surface area contributed by atoms with Gasteiger partial charge in [0.15, 0.2) is 11.0 Å². The fourth-order valence-electron chi connectivity index (χ4n) is 3.80. The van der Waals surface area contributed by atoms with Crippen molar-refractivity contribution in [1.29, 1.82) is 0 Å². The monoisotopic (exact) mass is 426 g/mol. The number of rotatable bonds is 4. The first-order valence-electron chi connectivity index (χ1n) is 9.54. The Morgan fingerprint density at radius 3 is 2.45 bits per heavy atom. The Labute approximate surface area is 170 Å². The average Bonchev–Trinajstić information content (AvgIpc) is 3.23. The number of aliphatic hydroxyl groups is 1. The minimum Gasteiger partial charge on any atom is -0.393 e. The van der Waals surface area contributed by atoms with Crippen LogP contribution in [0.25, 0.3) is 0 Å². The van der Waals surface area contributed by atoms with Crippen molar-refractivity contribution in [3.05, 3.63) is 41.2 Å². The van der Waals surface area contributed by atoms with E-state index in [2.05, 4.69) is 15.0 Å². The van der Waals surface area contributed by atoms with E-state index < -0.39 is 29.1 Å². The van der Waals surface area contributed by atoms with Gasteiger partial charge in [-0.15, -0.1) is 5.10 Å². The molecular weight excluding hydrogens is 405 g/mol. The number of aryl methyl sites for hydroxylation is 1. The number of carbonyl (C=O) groups is 1. The molecule has 0 spiro atoms. The normalized spacial score (nSPS) is 22.1. The predicted molar refractivity (Wildman–Crippen MR) is 101 cm³/mol. The summed E-state index contributed by atoms with van der Waals surface area (Å²) in [5.74, 6) is 0.375. The molecule has 0 amide bonds. The molecule has 3 heterocycles. The minimum atomic E-state index is -4.41. The number of nitrogens with zero attached hydrogens (tertiary/aromatic N) is 4. The average molecular weight is 426 g/mol. The first kappa shape index (κ1) is 20.4. The molecule has 2 aliphatic rings. The van der Waals surface area contributed by atoms with Gasteiger partial charge in [-0.05, 0) is 30.5 Å². The number of alkyl halides is 3. The molecule has 0 bridgehead atoms. The molecule has 2 aliphatic heterocycles. The van der Waals surface area contributed by atoms with Gasteiger partial charge < -0.3 is 5.11 Å². The molecule has 1 fully saturated rings. The van der Waals surface area contributed by atoms with E-state index in [1.807, 2.05) is 6.92 Å². The minimum absolute atomic E-state index is 0.215. The van der Waals surface area contributed by atoms with Gasteiger partial charge in [-0.2, -0.15) is 17.9 Å². The number of likely N-dealkylation sites (tertiary alicyclic amines) is 1. The molecule has 1 aromatic heterocycles. The van der Waals surface area contributed by atoms with E-state index >= 15 is 0 Å². The third kappa shape index (κ3) is 3.93. The zero-order chi connectivity index (χ0) is 20.8. The Hall–Kier alpha value is -1.91. The Morgan fingerprint density at radius 1 is 1.24 bits per heavy atom. The van der Waals surface area contributed by atoms with Crippen molar-refractivity contribution in [3.8, 4) is 0 Å². The highest BCUT2D eigenvalue weighted by atomic mass is 32.2. The summed E-state index contributed by atoms with van der Waals surface area (Å²) in [4.78, 5) is 19.5. The van der Waals surface area contributed by atoms with Crippen LogP contribution in [0.4, 0.5) is 13.2 Å². The van der Waals surface area contributed by atoms with Gasteiger partial charge in [0, 0.05) is 19.5 Å². The largest absolute Gasteiger partial charge is 0.416 e. The molecule has 0 aliphatic carbocycles.